The summed E-state index contributed by atoms with van der Waals surface area (Å²) in [5, 5.41) is 5.06. The summed E-state index contributed by atoms with van der Waals surface area (Å²) in [5.41, 5.74) is 0.952. The van der Waals surface area contributed by atoms with Crippen LogP contribution in [0.5, 0.6) is 0 Å². The second kappa shape index (κ2) is 8.79. The summed E-state index contributed by atoms with van der Waals surface area (Å²) in [6.07, 6.45) is 4.18. The first-order valence-electron chi connectivity index (χ1n) is 10.2. The molecule has 3 aromatic rings. The van der Waals surface area contributed by atoms with Gasteiger partial charge in [-0.1, -0.05) is 36.0 Å². The van der Waals surface area contributed by atoms with Gasteiger partial charge in [-0.05, 0) is 61.5 Å². The van der Waals surface area contributed by atoms with Gasteiger partial charge in [-0.2, -0.15) is 0 Å². The number of hydrogen-bond donors (Lipinski definition) is 1. The first kappa shape index (κ1) is 19.6. The van der Waals surface area contributed by atoms with Crippen LogP contribution >= 0.6 is 24.0 Å². The number of furan rings is 1. The Hall–Kier alpha value is -2.35. The Balaban J connectivity index is 1.45. The van der Waals surface area contributed by atoms with Gasteiger partial charge < -0.3 is 19.4 Å². The average molecular weight is 438 g/mol. The smallest absolute Gasteiger partial charge is 0.170 e. The van der Waals surface area contributed by atoms with Crippen LogP contribution in [-0.4, -0.2) is 34.3 Å². The van der Waals surface area contributed by atoms with E-state index in [0.29, 0.717) is 0 Å². The molecular formula is C23H23N3O2S2. The van der Waals surface area contributed by atoms with Crippen molar-refractivity contribution < 1.29 is 9.15 Å². The molecule has 3 atom stereocenters. The summed E-state index contributed by atoms with van der Waals surface area (Å²) in [4.78, 5) is 7.94. The average Bonchev–Trinajstić information content (AvgIpc) is 3.52. The van der Waals surface area contributed by atoms with Crippen LogP contribution in [0.1, 0.15) is 36.4 Å². The number of hydrogen-bond acceptors (Lipinski definition) is 5. The molecule has 2 aliphatic heterocycles. The summed E-state index contributed by atoms with van der Waals surface area (Å²) in [5.74, 6) is 0.884. The number of nitrogens with zero attached hydrogens (tertiary/aromatic N) is 2. The molecule has 2 saturated heterocycles. The van der Waals surface area contributed by atoms with Crippen LogP contribution in [0.4, 0.5) is 0 Å². The highest BCUT2D eigenvalue weighted by molar-refractivity contribution is 7.99. The molecule has 5 nitrogen and oxygen atoms in total. The molecule has 0 aliphatic carbocycles. The van der Waals surface area contributed by atoms with E-state index in [-0.39, 0.29) is 18.2 Å². The maximum absolute atomic E-state index is 6.32. The van der Waals surface area contributed by atoms with Crippen molar-refractivity contribution in [3.63, 3.8) is 0 Å². The Morgan fingerprint density at radius 3 is 2.73 bits per heavy atom. The summed E-state index contributed by atoms with van der Waals surface area (Å²) in [6.45, 7) is 1.58. The van der Waals surface area contributed by atoms with Gasteiger partial charge in [0, 0.05) is 24.2 Å². The highest BCUT2D eigenvalue weighted by Gasteiger charge is 2.42. The topological polar surface area (TPSA) is 50.5 Å². The Labute approximate surface area is 185 Å². The molecule has 0 unspecified atom stereocenters. The van der Waals surface area contributed by atoms with Crippen LogP contribution in [0.25, 0.3) is 0 Å². The zero-order valence-electron chi connectivity index (χ0n) is 16.4. The first-order valence-corrected chi connectivity index (χ1v) is 11.4. The number of thiocarbonyl (C=S) groups is 1. The fraction of sp³-hybridized carbons (Fsp3) is 0.304. The van der Waals surface area contributed by atoms with Crippen molar-refractivity contribution in [3.05, 3.63) is 78.3 Å². The normalized spacial score (nSPS) is 23.7. The molecule has 5 rings (SSSR count). The summed E-state index contributed by atoms with van der Waals surface area (Å²) in [6, 6.07) is 20.2. The molecule has 7 heteroatoms. The third kappa shape index (κ3) is 4.10. The van der Waals surface area contributed by atoms with Gasteiger partial charge in [-0.3, -0.25) is 4.98 Å². The van der Waals surface area contributed by atoms with Crippen LogP contribution in [-0.2, 0) is 4.74 Å². The number of ether oxygens (including phenoxy) is 1. The minimum Gasteiger partial charge on any atom is -0.452 e. The number of pyridine rings is 1. The number of benzene rings is 1. The van der Waals surface area contributed by atoms with Crippen LogP contribution in [0.3, 0.4) is 0 Å². The molecule has 0 radical (unpaired) electrons. The number of aromatic nitrogens is 1. The highest BCUT2D eigenvalue weighted by atomic mass is 32.2. The van der Waals surface area contributed by atoms with Gasteiger partial charge >= 0.3 is 0 Å². The van der Waals surface area contributed by atoms with Crippen LogP contribution in [0.15, 0.2) is 81.3 Å². The van der Waals surface area contributed by atoms with E-state index < -0.39 is 0 Å². The van der Waals surface area contributed by atoms with Gasteiger partial charge in [0.25, 0.3) is 0 Å². The fourth-order valence-corrected chi connectivity index (χ4v) is 5.19. The Kier molecular flexibility index (Phi) is 5.75. The second-order valence-corrected chi connectivity index (χ2v) is 8.95. The monoisotopic (exact) mass is 437 g/mol. The van der Waals surface area contributed by atoms with Gasteiger partial charge in [0.2, 0.25) is 0 Å². The predicted octanol–water partition coefficient (Wildman–Crippen LogP) is 4.98. The number of rotatable bonds is 6. The predicted molar refractivity (Wildman–Crippen MR) is 120 cm³/mol. The van der Waals surface area contributed by atoms with E-state index in [1.165, 1.54) is 0 Å². The Bertz CT molecular complexity index is 990. The molecule has 2 fully saturated rings. The van der Waals surface area contributed by atoms with Crippen molar-refractivity contribution in [3.8, 4) is 0 Å². The minimum absolute atomic E-state index is 0.0678. The van der Waals surface area contributed by atoms with Gasteiger partial charge in [0.05, 0.1) is 17.8 Å². The van der Waals surface area contributed by atoms with Gasteiger partial charge in [0.15, 0.2) is 10.2 Å². The van der Waals surface area contributed by atoms with E-state index in [2.05, 4.69) is 33.4 Å². The van der Waals surface area contributed by atoms with Crippen molar-refractivity contribution in [2.75, 3.05) is 13.2 Å². The minimum atomic E-state index is -0.0687. The zero-order valence-corrected chi connectivity index (χ0v) is 18.1. The molecule has 0 saturated carbocycles. The molecule has 30 heavy (non-hydrogen) atoms. The van der Waals surface area contributed by atoms with Crippen LogP contribution < -0.4 is 5.32 Å². The van der Waals surface area contributed by atoms with Crippen LogP contribution in [0.2, 0.25) is 0 Å². The lowest BCUT2D eigenvalue weighted by atomic mass is 10.0. The van der Waals surface area contributed by atoms with Crippen molar-refractivity contribution in [1.82, 2.24) is 15.2 Å². The Morgan fingerprint density at radius 2 is 1.97 bits per heavy atom. The SMILES string of the molecule is S=C1N[C@H](c2ccccn2)[C@H](c2ccc(Sc3ccccc3)o2)N1C[C@H]1CCCO1. The molecule has 2 aromatic heterocycles. The fourth-order valence-electron chi connectivity index (χ4n) is 4.07. The molecule has 0 bridgehead atoms. The second-order valence-electron chi connectivity index (χ2n) is 7.49. The van der Waals surface area contributed by atoms with E-state index in [9.17, 15) is 0 Å². The molecule has 2 aliphatic rings. The number of nitrogens with one attached hydrogen (secondary N) is 1. The zero-order chi connectivity index (χ0) is 20.3. The Morgan fingerprint density at radius 1 is 1.10 bits per heavy atom. The van der Waals surface area contributed by atoms with Crippen molar-refractivity contribution in [2.24, 2.45) is 0 Å². The lowest BCUT2D eigenvalue weighted by Gasteiger charge is -2.28. The van der Waals surface area contributed by atoms with E-state index in [1.54, 1.807) is 11.8 Å². The third-order valence-electron chi connectivity index (χ3n) is 5.48. The molecule has 0 spiro atoms. The first-order chi connectivity index (χ1) is 14.8. The van der Waals surface area contributed by atoms with Gasteiger partial charge in [-0.15, -0.1) is 0 Å². The van der Waals surface area contributed by atoms with Crippen LogP contribution in [0, 0.1) is 0 Å². The molecule has 0 amide bonds. The van der Waals surface area contributed by atoms with Crippen molar-refractivity contribution >= 4 is 29.1 Å². The van der Waals surface area contributed by atoms with Crippen molar-refractivity contribution in [1.29, 1.82) is 0 Å². The van der Waals surface area contributed by atoms with Gasteiger partial charge in [-0.25, -0.2) is 0 Å². The molecule has 4 heterocycles. The lowest BCUT2D eigenvalue weighted by Crippen LogP contribution is -2.36. The maximum Gasteiger partial charge on any atom is 0.170 e. The van der Waals surface area contributed by atoms with E-state index in [4.69, 9.17) is 21.4 Å². The van der Waals surface area contributed by atoms with Crippen molar-refractivity contribution in [2.45, 2.75) is 41.0 Å². The lowest BCUT2D eigenvalue weighted by molar-refractivity contribution is 0.0812. The van der Waals surface area contributed by atoms with E-state index >= 15 is 0 Å². The standard InChI is InChI=1S/C23H23N3O2S2/c29-23-25-21(18-10-4-5-13-24-18)22(26(23)15-16-7-6-14-27-16)19-11-12-20(28-19)30-17-8-2-1-3-9-17/h1-5,8-13,16,21-22H,6-7,14-15H2,(H,25,29)/t16-,21-,22+/m1/s1. The summed E-state index contributed by atoms with van der Waals surface area (Å²) < 4.78 is 12.2. The third-order valence-corrected chi connectivity index (χ3v) is 6.76. The molecule has 154 valence electrons. The highest BCUT2D eigenvalue weighted by Crippen LogP contribution is 2.41. The molecule has 1 aromatic carbocycles. The molecular weight excluding hydrogens is 414 g/mol. The van der Waals surface area contributed by atoms with E-state index in [1.807, 2.05) is 48.7 Å². The quantitative estimate of drug-likeness (QED) is 0.546. The van der Waals surface area contributed by atoms with Gasteiger partial charge in [0.1, 0.15) is 11.8 Å². The maximum atomic E-state index is 6.32. The molecule has 1 N–H and O–H groups in total. The summed E-state index contributed by atoms with van der Waals surface area (Å²) >= 11 is 7.35. The summed E-state index contributed by atoms with van der Waals surface area (Å²) in [7, 11) is 0. The largest absolute Gasteiger partial charge is 0.452 e. The van der Waals surface area contributed by atoms with E-state index in [0.717, 1.165) is 52.5 Å².